The Morgan fingerprint density at radius 2 is 1.79 bits per heavy atom. The van der Waals surface area contributed by atoms with E-state index in [1.165, 1.54) is 42.6 Å². The Morgan fingerprint density at radius 3 is 2.51 bits per heavy atom. The summed E-state index contributed by atoms with van der Waals surface area (Å²) in [5.74, 6) is -1.53. The highest BCUT2D eigenvalue weighted by atomic mass is 35.5. The number of amides is 1. The number of sulfonamides is 1. The lowest BCUT2D eigenvalue weighted by Gasteiger charge is -2.40. The lowest BCUT2D eigenvalue weighted by atomic mass is 10.1. The number of hydrogen-bond acceptors (Lipinski definition) is 5. The molecule has 39 heavy (non-hydrogen) atoms. The number of piperazine rings is 1. The predicted octanol–water partition coefficient (Wildman–Crippen LogP) is 5.31. The number of carbonyl (C=O) groups is 1. The number of nitrogens with zero attached hydrogens (tertiary/aromatic N) is 3. The highest BCUT2D eigenvalue weighted by molar-refractivity contribution is 7.93. The van der Waals surface area contributed by atoms with Gasteiger partial charge in [0.15, 0.2) is 0 Å². The molecule has 1 aromatic heterocycles. The van der Waals surface area contributed by atoms with Gasteiger partial charge in [0, 0.05) is 49.9 Å². The van der Waals surface area contributed by atoms with Gasteiger partial charge in [0.25, 0.3) is 15.9 Å². The van der Waals surface area contributed by atoms with Crippen molar-refractivity contribution in [3.8, 4) is 0 Å². The maximum absolute atomic E-state index is 13.6. The van der Waals surface area contributed by atoms with Crippen LogP contribution < -0.4 is 4.72 Å². The first-order valence-electron chi connectivity index (χ1n) is 12.2. The summed E-state index contributed by atoms with van der Waals surface area (Å²) in [4.78, 5) is 21.3. The minimum absolute atomic E-state index is 0.0320. The largest absolute Gasteiger partial charge is 0.333 e. The molecule has 0 unspecified atom stereocenters. The van der Waals surface area contributed by atoms with Gasteiger partial charge in [0.1, 0.15) is 16.5 Å². The van der Waals surface area contributed by atoms with E-state index < -0.39 is 21.7 Å². The van der Waals surface area contributed by atoms with Crippen LogP contribution in [0.15, 0.2) is 77.8 Å². The van der Waals surface area contributed by atoms with Crippen molar-refractivity contribution in [1.82, 2.24) is 14.8 Å². The third-order valence-corrected chi connectivity index (χ3v) is 8.36. The number of carbonyl (C=O) groups excluding carboxylic acids is 1. The first-order chi connectivity index (χ1) is 18.6. The summed E-state index contributed by atoms with van der Waals surface area (Å²) in [7, 11) is -3.98. The van der Waals surface area contributed by atoms with Crippen LogP contribution in [-0.4, -0.2) is 54.8 Å². The molecule has 202 valence electrons. The maximum Gasteiger partial charge on any atom is 0.264 e. The molecule has 1 fully saturated rings. The van der Waals surface area contributed by atoms with Crippen LogP contribution in [0, 0.1) is 11.6 Å². The maximum atomic E-state index is 13.6. The minimum atomic E-state index is -3.98. The number of para-hydroxylation sites is 1. The first kappa shape index (κ1) is 27.0. The van der Waals surface area contributed by atoms with Crippen molar-refractivity contribution in [2.45, 2.75) is 24.4 Å². The zero-order valence-corrected chi connectivity index (χ0v) is 22.5. The topological polar surface area (TPSA) is 82.6 Å². The van der Waals surface area contributed by atoms with Crippen molar-refractivity contribution < 1.29 is 22.0 Å². The van der Waals surface area contributed by atoms with E-state index in [9.17, 15) is 22.0 Å². The number of benzene rings is 3. The molecule has 3 aromatic carbocycles. The van der Waals surface area contributed by atoms with Crippen molar-refractivity contribution in [1.29, 1.82) is 0 Å². The van der Waals surface area contributed by atoms with E-state index in [0.717, 1.165) is 6.07 Å². The Bertz CT molecular complexity index is 1640. The number of halogens is 3. The summed E-state index contributed by atoms with van der Waals surface area (Å²) in [6.45, 7) is 3.69. The van der Waals surface area contributed by atoms with Crippen LogP contribution in [-0.2, 0) is 16.6 Å². The van der Waals surface area contributed by atoms with Gasteiger partial charge in [-0.1, -0.05) is 29.8 Å². The molecule has 11 heteroatoms. The van der Waals surface area contributed by atoms with Gasteiger partial charge in [0.05, 0.1) is 21.8 Å². The molecule has 1 saturated heterocycles. The molecule has 5 rings (SSSR count). The van der Waals surface area contributed by atoms with E-state index in [4.69, 9.17) is 11.6 Å². The van der Waals surface area contributed by atoms with Crippen LogP contribution in [0.4, 0.5) is 14.5 Å². The van der Waals surface area contributed by atoms with Gasteiger partial charge in [-0.15, -0.1) is 0 Å². The van der Waals surface area contributed by atoms with E-state index in [-0.39, 0.29) is 33.1 Å². The Balaban J connectivity index is 1.28. The minimum Gasteiger partial charge on any atom is -0.333 e. The molecule has 4 aromatic rings. The molecule has 0 radical (unpaired) electrons. The lowest BCUT2D eigenvalue weighted by Crippen LogP contribution is -2.53. The highest BCUT2D eigenvalue weighted by Crippen LogP contribution is 2.28. The molecule has 1 aliphatic rings. The molecule has 1 atom stereocenters. The smallest absolute Gasteiger partial charge is 0.264 e. The van der Waals surface area contributed by atoms with E-state index in [1.807, 2.05) is 11.8 Å². The molecule has 0 bridgehead atoms. The Kier molecular flexibility index (Phi) is 7.53. The molecule has 0 saturated carbocycles. The monoisotopic (exact) mass is 570 g/mol. The van der Waals surface area contributed by atoms with Gasteiger partial charge in [0.2, 0.25) is 0 Å². The SMILES string of the molecule is C[C@H]1CN(Cc2cc(F)cc(F)c2)CCN1C(=O)c1ccc(NS(=O)(=O)c2cccc3cccnc23)cc1Cl. The van der Waals surface area contributed by atoms with Crippen LogP contribution in [0.1, 0.15) is 22.8 Å². The van der Waals surface area contributed by atoms with Crippen LogP contribution in [0.3, 0.4) is 0 Å². The number of rotatable bonds is 6. The molecule has 1 N–H and O–H groups in total. The summed E-state index contributed by atoms with van der Waals surface area (Å²) < 4.78 is 55.9. The molecule has 7 nitrogen and oxygen atoms in total. The van der Waals surface area contributed by atoms with Crippen molar-refractivity contribution in [2.75, 3.05) is 24.4 Å². The average Bonchev–Trinajstić information content (AvgIpc) is 2.87. The quantitative estimate of drug-likeness (QED) is 0.340. The number of hydrogen-bond donors (Lipinski definition) is 1. The molecule has 1 aliphatic heterocycles. The second-order valence-corrected chi connectivity index (χ2v) is 11.5. The Labute approximate surface area is 230 Å². The standard InChI is InChI=1S/C28H25ClF2N4O3S/c1-18-16-34(17-19-12-21(30)14-22(31)13-19)10-11-35(18)28(36)24-8-7-23(15-25(24)29)33-39(37,38)26-6-2-4-20-5-3-9-32-27(20)26/h2-9,12-15,18,33H,10-11,16-17H2,1H3/t18-/m0/s1. The van der Waals surface area contributed by atoms with Gasteiger partial charge in [-0.3, -0.25) is 19.4 Å². The predicted molar refractivity (Wildman–Crippen MR) is 146 cm³/mol. The Morgan fingerprint density at radius 1 is 1.05 bits per heavy atom. The van der Waals surface area contributed by atoms with Gasteiger partial charge >= 0.3 is 0 Å². The molecule has 1 amide bonds. The molecule has 0 spiro atoms. The lowest BCUT2D eigenvalue weighted by molar-refractivity contribution is 0.0475. The summed E-state index contributed by atoms with van der Waals surface area (Å²) in [6.07, 6.45) is 1.53. The first-order valence-corrected chi connectivity index (χ1v) is 14.1. The number of anilines is 1. The van der Waals surface area contributed by atoms with E-state index >= 15 is 0 Å². The van der Waals surface area contributed by atoms with Crippen LogP contribution in [0.25, 0.3) is 10.9 Å². The van der Waals surface area contributed by atoms with Gasteiger partial charge in [-0.25, -0.2) is 17.2 Å². The van der Waals surface area contributed by atoms with Gasteiger partial charge in [-0.2, -0.15) is 0 Å². The third kappa shape index (κ3) is 5.88. The van der Waals surface area contributed by atoms with Gasteiger partial charge in [-0.05, 0) is 55.0 Å². The summed E-state index contributed by atoms with van der Waals surface area (Å²) in [5.41, 5.74) is 1.34. The molecular formula is C28H25ClF2N4O3S. The van der Waals surface area contributed by atoms with Gasteiger partial charge < -0.3 is 4.90 Å². The highest BCUT2D eigenvalue weighted by Gasteiger charge is 2.29. The fraction of sp³-hybridized carbons (Fsp3) is 0.214. The fourth-order valence-electron chi connectivity index (χ4n) is 4.85. The van der Waals surface area contributed by atoms with Crippen molar-refractivity contribution >= 4 is 44.1 Å². The Hall–Kier alpha value is -3.60. The van der Waals surface area contributed by atoms with Crippen molar-refractivity contribution in [3.63, 3.8) is 0 Å². The zero-order valence-electron chi connectivity index (χ0n) is 20.9. The zero-order chi connectivity index (χ0) is 27.7. The summed E-state index contributed by atoms with van der Waals surface area (Å²) in [6, 6.07) is 16.1. The van der Waals surface area contributed by atoms with E-state index in [2.05, 4.69) is 9.71 Å². The summed E-state index contributed by atoms with van der Waals surface area (Å²) in [5, 5.41) is 0.803. The normalized spacial score (nSPS) is 16.4. The number of aromatic nitrogens is 1. The number of nitrogens with one attached hydrogen (secondary N) is 1. The average molecular weight is 571 g/mol. The second kappa shape index (κ2) is 10.9. The van der Waals surface area contributed by atoms with Crippen LogP contribution in [0.5, 0.6) is 0 Å². The second-order valence-electron chi connectivity index (χ2n) is 9.49. The third-order valence-electron chi connectivity index (χ3n) is 6.64. The number of fused-ring (bicyclic) bond motifs is 1. The molecular weight excluding hydrogens is 546 g/mol. The number of pyridine rings is 1. The fourth-order valence-corrected chi connectivity index (χ4v) is 6.34. The van der Waals surface area contributed by atoms with Crippen molar-refractivity contribution in [2.24, 2.45) is 0 Å². The van der Waals surface area contributed by atoms with Crippen molar-refractivity contribution in [3.05, 3.63) is 101 Å². The van der Waals surface area contributed by atoms with Crippen LogP contribution in [0.2, 0.25) is 5.02 Å². The van der Waals surface area contributed by atoms with E-state index in [0.29, 0.717) is 42.6 Å². The molecule has 2 heterocycles. The van der Waals surface area contributed by atoms with Crippen LogP contribution >= 0.6 is 11.6 Å². The molecule has 0 aliphatic carbocycles. The van der Waals surface area contributed by atoms with E-state index in [1.54, 1.807) is 29.2 Å². The summed E-state index contributed by atoms with van der Waals surface area (Å²) >= 11 is 6.45.